The molecule has 0 radical (unpaired) electrons. The van der Waals surface area contributed by atoms with Crippen LogP contribution >= 0.6 is 0 Å². The van der Waals surface area contributed by atoms with Crippen molar-refractivity contribution in [3.05, 3.63) is 90.5 Å². The minimum absolute atomic E-state index is 0.0985. The second kappa shape index (κ2) is 8.55. The van der Waals surface area contributed by atoms with Gasteiger partial charge in [0.2, 0.25) is 0 Å². The first-order chi connectivity index (χ1) is 15.7. The third-order valence-electron chi connectivity index (χ3n) is 5.61. The van der Waals surface area contributed by atoms with Crippen molar-refractivity contribution in [3.63, 3.8) is 0 Å². The number of benzene rings is 4. The lowest BCUT2D eigenvalue weighted by molar-refractivity contribution is -0.123. The molecule has 0 spiro atoms. The van der Waals surface area contributed by atoms with Gasteiger partial charge in [0.15, 0.2) is 6.61 Å². The number of aryl methyl sites for hydroxylation is 1. The lowest BCUT2D eigenvalue weighted by Crippen LogP contribution is -2.24. The number of nitrogens with one attached hydrogen (secondary N) is 1. The van der Waals surface area contributed by atoms with Gasteiger partial charge in [-0.05, 0) is 53.6 Å². The van der Waals surface area contributed by atoms with Crippen LogP contribution in [-0.2, 0) is 11.3 Å². The predicted molar refractivity (Wildman–Crippen MR) is 130 cm³/mol. The van der Waals surface area contributed by atoms with Crippen LogP contribution in [0.4, 0.5) is 0 Å². The van der Waals surface area contributed by atoms with Crippen LogP contribution in [0.3, 0.4) is 0 Å². The Kier molecular flexibility index (Phi) is 5.30. The number of hydrogen-bond acceptors (Lipinski definition) is 3. The number of para-hydroxylation sites is 1. The number of hydrogen-bond donors (Lipinski definition) is 1. The first kappa shape index (κ1) is 19.8. The number of hydrazone groups is 1. The summed E-state index contributed by atoms with van der Waals surface area (Å²) in [5, 5.41) is 8.70. The smallest absolute Gasteiger partial charge is 0.277 e. The highest BCUT2D eigenvalue weighted by Gasteiger charge is 2.09. The molecular formula is C27H23N3O2. The second-order valence-electron chi connectivity index (χ2n) is 7.63. The van der Waals surface area contributed by atoms with E-state index in [-0.39, 0.29) is 12.5 Å². The number of ether oxygens (including phenoxy) is 1. The molecule has 5 aromatic rings. The Hall–Kier alpha value is -4.12. The Morgan fingerprint density at radius 1 is 0.906 bits per heavy atom. The fraction of sp³-hybridized carbons (Fsp3) is 0.111. The van der Waals surface area contributed by atoms with Crippen LogP contribution < -0.4 is 10.2 Å². The van der Waals surface area contributed by atoms with Gasteiger partial charge in [0.05, 0.1) is 6.21 Å². The average Bonchev–Trinajstić information content (AvgIpc) is 3.15. The predicted octanol–water partition coefficient (Wildman–Crippen LogP) is 5.50. The molecule has 0 bridgehead atoms. The largest absolute Gasteiger partial charge is 0.484 e. The van der Waals surface area contributed by atoms with Gasteiger partial charge in [-0.15, -0.1) is 0 Å². The van der Waals surface area contributed by atoms with Crippen molar-refractivity contribution >= 4 is 44.7 Å². The Labute approximate surface area is 185 Å². The monoisotopic (exact) mass is 421 g/mol. The van der Waals surface area contributed by atoms with E-state index in [1.54, 1.807) is 6.21 Å². The normalized spacial score (nSPS) is 11.5. The van der Waals surface area contributed by atoms with Gasteiger partial charge in [-0.1, -0.05) is 54.6 Å². The molecular weight excluding hydrogens is 398 g/mol. The summed E-state index contributed by atoms with van der Waals surface area (Å²) < 4.78 is 7.91. The SMILES string of the molecule is CCn1c2ccccc2c2cc(/C=N/NC(=O)COc3ccc4ccccc4c3)ccc21. The van der Waals surface area contributed by atoms with Gasteiger partial charge in [-0.2, -0.15) is 5.10 Å². The first-order valence-corrected chi connectivity index (χ1v) is 10.7. The van der Waals surface area contributed by atoms with E-state index in [2.05, 4.69) is 58.4 Å². The molecule has 1 amide bonds. The molecule has 4 aromatic carbocycles. The zero-order valence-electron chi connectivity index (χ0n) is 17.8. The van der Waals surface area contributed by atoms with Crippen molar-refractivity contribution in [1.82, 2.24) is 9.99 Å². The maximum atomic E-state index is 12.1. The number of aromatic nitrogens is 1. The molecule has 1 aromatic heterocycles. The molecule has 0 saturated heterocycles. The molecule has 5 heteroatoms. The number of carbonyl (C=O) groups is 1. The van der Waals surface area contributed by atoms with Gasteiger partial charge in [-0.25, -0.2) is 5.43 Å². The quantitative estimate of drug-likeness (QED) is 0.291. The number of carbonyl (C=O) groups excluding carboxylic acids is 1. The standard InChI is InChI=1S/C27H23N3O2/c1-2-30-25-10-6-5-9-23(25)24-15-19(11-14-26(24)30)17-28-29-27(31)18-32-22-13-12-20-7-3-4-8-21(20)16-22/h3-17H,2,18H2,1H3,(H,29,31)/b28-17+. The van der Waals surface area contributed by atoms with Crippen molar-refractivity contribution in [3.8, 4) is 5.75 Å². The minimum atomic E-state index is -0.307. The zero-order valence-corrected chi connectivity index (χ0v) is 17.8. The lowest BCUT2D eigenvalue weighted by atomic mass is 10.1. The zero-order chi connectivity index (χ0) is 21.9. The Bertz CT molecular complexity index is 1470. The third-order valence-corrected chi connectivity index (χ3v) is 5.61. The van der Waals surface area contributed by atoms with E-state index in [9.17, 15) is 4.79 Å². The summed E-state index contributed by atoms with van der Waals surface area (Å²) in [6.45, 7) is 2.96. The van der Waals surface area contributed by atoms with Crippen molar-refractivity contribution in [2.75, 3.05) is 6.61 Å². The molecule has 0 unspecified atom stereocenters. The van der Waals surface area contributed by atoms with Gasteiger partial charge < -0.3 is 9.30 Å². The van der Waals surface area contributed by atoms with Crippen molar-refractivity contribution in [2.24, 2.45) is 5.10 Å². The average molecular weight is 422 g/mol. The highest BCUT2D eigenvalue weighted by molar-refractivity contribution is 6.09. The van der Waals surface area contributed by atoms with Crippen LogP contribution in [0.1, 0.15) is 12.5 Å². The van der Waals surface area contributed by atoms with Gasteiger partial charge in [0.25, 0.3) is 5.91 Å². The molecule has 0 atom stereocenters. The van der Waals surface area contributed by atoms with E-state index >= 15 is 0 Å². The van der Waals surface area contributed by atoms with Crippen molar-refractivity contribution in [1.29, 1.82) is 0 Å². The lowest BCUT2D eigenvalue weighted by Gasteiger charge is -2.06. The summed E-state index contributed by atoms with van der Waals surface area (Å²) in [5.74, 6) is 0.346. The molecule has 1 heterocycles. The summed E-state index contributed by atoms with van der Waals surface area (Å²) >= 11 is 0. The topological polar surface area (TPSA) is 55.6 Å². The Morgan fingerprint density at radius 2 is 1.69 bits per heavy atom. The summed E-state index contributed by atoms with van der Waals surface area (Å²) in [4.78, 5) is 12.1. The first-order valence-electron chi connectivity index (χ1n) is 10.7. The molecule has 5 rings (SSSR count). The molecule has 1 N–H and O–H groups in total. The molecule has 0 aliphatic heterocycles. The van der Waals surface area contributed by atoms with Gasteiger partial charge in [0, 0.05) is 28.4 Å². The van der Waals surface area contributed by atoms with Crippen LogP contribution in [-0.4, -0.2) is 23.3 Å². The van der Waals surface area contributed by atoms with Crippen LogP contribution in [0.15, 0.2) is 90.0 Å². The fourth-order valence-corrected chi connectivity index (χ4v) is 4.11. The van der Waals surface area contributed by atoms with Crippen molar-refractivity contribution < 1.29 is 9.53 Å². The van der Waals surface area contributed by atoms with Gasteiger partial charge >= 0.3 is 0 Å². The molecule has 0 aliphatic carbocycles. The minimum Gasteiger partial charge on any atom is -0.484 e. The molecule has 0 fully saturated rings. The number of nitrogens with zero attached hydrogens (tertiary/aromatic N) is 2. The van der Waals surface area contributed by atoms with E-state index in [1.807, 2.05) is 48.5 Å². The molecule has 0 saturated carbocycles. The summed E-state index contributed by atoms with van der Waals surface area (Å²) in [6.07, 6.45) is 1.66. The van der Waals surface area contributed by atoms with Gasteiger partial charge in [-0.3, -0.25) is 4.79 Å². The van der Waals surface area contributed by atoms with E-state index in [1.165, 1.54) is 21.8 Å². The van der Waals surface area contributed by atoms with E-state index < -0.39 is 0 Å². The maximum Gasteiger partial charge on any atom is 0.277 e. The number of amides is 1. The van der Waals surface area contributed by atoms with E-state index in [0.29, 0.717) is 5.75 Å². The van der Waals surface area contributed by atoms with Crippen LogP contribution in [0, 0.1) is 0 Å². The van der Waals surface area contributed by atoms with Gasteiger partial charge in [0.1, 0.15) is 5.75 Å². The number of rotatable bonds is 6. The molecule has 32 heavy (non-hydrogen) atoms. The molecule has 158 valence electrons. The maximum absolute atomic E-state index is 12.1. The van der Waals surface area contributed by atoms with E-state index in [4.69, 9.17) is 4.74 Å². The van der Waals surface area contributed by atoms with Crippen LogP contribution in [0.5, 0.6) is 5.75 Å². The molecule has 0 aliphatic rings. The summed E-state index contributed by atoms with van der Waals surface area (Å²) in [6, 6.07) is 28.4. The Balaban J connectivity index is 1.26. The summed E-state index contributed by atoms with van der Waals surface area (Å²) in [7, 11) is 0. The fourth-order valence-electron chi connectivity index (χ4n) is 4.11. The summed E-state index contributed by atoms with van der Waals surface area (Å²) in [5.41, 5.74) is 5.88. The Morgan fingerprint density at radius 3 is 2.56 bits per heavy atom. The van der Waals surface area contributed by atoms with Crippen LogP contribution in [0.25, 0.3) is 32.6 Å². The van der Waals surface area contributed by atoms with Crippen molar-refractivity contribution in [2.45, 2.75) is 13.5 Å². The second-order valence-corrected chi connectivity index (χ2v) is 7.63. The number of fused-ring (bicyclic) bond motifs is 4. The van der Waals surface area contributed by atoms with E-state index in [0.717, 1.165) is 22.9 Å². The highest BCUT2D eigenvalue weighted by Crippen LogP contribution is 2.29. The molecule has 5 nitrogen and oxygen atoms in total. The third kappa shape index (κ3) is 3.81. The highest BCUT2D eigenvalue weighted by atomic mass is 16.5. The van der Waals surface area contributed by atoms with Crippen LogP contribution in [0.2, 0.25) is 0 Å².